The summed E-state index contributed by atoms with van der Waals surface area (Å²) in [6.07, 6.45) is 7.95. The molecule has 1 aliphatic heterocycles. The van der Waals surface area contributed by atoms with E-state index in [1.165, 1.54) is 31.4 Å². The highest BCUT2D eigenvalue weighted by molar-refractivity contribution is 5.51. The van der Waals surface area contributed by atoms with Crippen molar-refractivity contribution in [3.8, 4) is 0 Å². The molecular formula is C17H21N5O. The van der Waals surface area contributed by atoms with Crippen LogP contribution >= 0.6 is 0 Å². The first-order valence-corrected chi connectivity index (χ1v) is 8.53. The van der Waals surface area contributed by atoms with Crippen LogP contribution in [0.25, 0.3) is 0 Å². The molecular weight excluding hydrogens is 290 g/mol. The molecule has 6 nitrogen and oxygen atoms in total. The van der Waals surface area contributed by atoms with Gasteiger partial charge in [0.25, 0.3) is 0 Å². The summed E-state index contributed by atoms with van der Waals surface area (Å²) < 4.78 is 5.41. The molecule has 1 saturated heterocycles. The van der Waals surface area contributed by atoms with E-state index < -0.39 is 0 Å². The highest BCUT2D eigenvalue weighted by atomic mass is 16.5. The number of aromatic amines is 1. The second-order valence-electron chi connectivity index (χ2n) is 7.34. The van der Waals surface area contributed by atoms with Crippen LogP contribution < -0.4 is 5.32 Å². The fraction of sp³-hybridized carbons (Fsp3) is 0.588. The van der Waals surface area contributed by atoms with Gasteiger partial charge in [-0.05, 0) is 38.2 Å². The van der Waals surface area contributed by atoms with Crippen molar-refractivity contribution in [2.24, 2.45) is 5.41 Å². The lowest BCUT2D eigenvalue weighted by molar-refractivity contribution is -0.109. The molecule has 0 radical (unpaired) electrons. The van der Waals surface area contributed by atoms with Gasteiger partial charge in [-0.25, -0.2) is 9.97 Å². The number of hydrogen-bond donors (Lipinski definition) is 2. The average Bonchev–Trinajstić information content (AvgIpc) is 3.10. The number of aromatic nitrogens is 4. The van der Waals surface area contributed by atoms with Gasteiger partial charge in [-0.2, -0.15) is 5.10 Å². The first kappa shape index (κ1) is 13.5. The molecule has 3 heterocycles. The zero-order chi connectivity index (χ0) is 15.3. The van der Waals surface area contributed by atoms with Crippen LogP contribution in [0.3, 0.4) is 0 Å². The van der Waals surface area contributed by atoms with Crippen LogP contribution in [-0.4, -0.2) is 33.4 Å². The van der Waals surface area contributed by atoms with Crippen LogP contribution in [0.2, 0.25) is 0 Å². The van der Waals surface area contributed by atoms with Crippen molar-refractivity contribution in [1.82, 2.24) is 20.2 Å². The van der Waals surface area contributed by atoms with E-state index in [-0.39, 0.29) is 0 Å². The van der Waals surface area contributed by atoms with Crippen molar-refractivity contribution in [1.29, 1.82) is 0 Å². The highest BCUT2D eigenvalue weighted by Crippen LogP contribution is 2.50. The minimum atomic E-state index is 0.415. The Hall–Kier alpha value is -1.95. The number of ether oxygens (including phenoxy) is 1. The summed E-state index contributed by atoms with van der Waals surface area (Å²) in [6, 6.07) is 4.00. The number of H-pyrrole nitrogens is 1. The van der Waals surface area contributed by atoms with E-state index in [1.807, 2.05) is 12.3 Å². The summed E-state index contributed by atoms with van der Waals surface area (Å²) in [5, 5.41) is 10.7. The number of anilines is 2. The third kappa shape index (κ3) is 2.51. The molecule has 0 amide bonds. The van der Waals surface area contributed by atoms with Crippen molar-refractivity contribution in [3.63, 3.8) is 0 Å². The Bertz CT molecular complexity index is 719. The summed E-state index contributed by atoms with van der Waals surface area (Å²) in [5.41, 5.74) is 1.64. The van der Waals surface area contributed by atoms with Gasteiger partial charge in [-0.1, -0.05) is 0 Å². The Balaban J connectivity index is 1.31. The van der Waals surface area contributed by atoms with Crippen molar-refractivity contribution >= 4 is 11.6 Å². The lowest BCUT2D eigenvalue weighted by Gasteiger charge is -2.38. The van der Waals surface area contributed by atoms with Gasteiger partial charge in [0.05, 0.1) is 13.2 Å². The van der Waals surface area contributed by atoms with Gasteiger partial charge in [-0.15, -0.1) is 0 Å². The molecule has 3 fully saturated rings. The van der Waals surface area contributed by atoms with Crippen LogP contribution in [0.5, 0.6) is 0 Å². The summed E-state index contributed by atoms with van der Waals surface area (Å²) in [5.74, 6) is 3.76. The summed E-state index contributed by atoms with van der Waals surface area (Å²) >= 11 is 0. The maximum absolute atomic E-state index is 5.41. The predicted molar refractivity (Wildman–Crippen MR) is 85.7 cm³/mol. The van der Waals surface area contributed by atoms with E-state index in [4.69, 9.17) is 9.72 Å². The Morgan fingerprint density at radius 1 is 1.17 bits per heavy atom. The topological polar surface area (TPSA) is 75.7 Å². The Morgan fingerprint density at radius 3 is 2.83 bits per heavy atom. The third-order valence-electron chi connectivity index (χ3n) is 5.43. The second kappa shape index (κ2) is 5.03. The molecule has 1 spiro atoms. The molecule has 2 aromatic rings. The molecule has 120 valence electrons. The van der Waals surface area contributed by atoms with E-state index >= 15 is 0 Å². The van der Waals surface area contributed by atoms with Crippen LogP contribution in [0, 0.1) is 5.41 Å². The fourth-order valence-electron chi connectivity index (χ4n) is 3.86. The van der Waals surface area contributed by atoms with Crippen molar-refractivity contribution in [2.45, 2.75) is 43.9 Å². The van der Waals surface area contributed by atoms with E-state index in [0.29, 0.717) is 17.3 Å². The molecule has 2 saturated carbocycles. The SMILES string of the molecule is c1cc(Nc2cc(C3CC3)[nH]n2)nc(C2CCC3(COC3)C2)n1. The predicted octanol–water partition coefficient (Wildman–Crippen LogP) is 3.10. The lowest BCUT2D eigenvalue weighted by atomic mass is 9.83. The lowest BCUT2D eigenvalue weighted by Crippen LogP contribution is -2.40. The Kier molecular flexibility index (Phi) is 2.95. The van der Waals surface area contributed by atoms with Gasteiger partial charge in [-0.3, -0.25) is 5.10 Å². The maximum atomic E-state index is 5.41. The summed E-state index contributed by atoms with van der Waals surface area (Å²) in [6.45, 7) is 1.83. The van der Waals surface area contributed by atoms with Crippen LogP contribution in [0.15, 0.2) is 18.3 Å². The quantitative estimate of drug-likeness (QED) is 0.907. The van der Waals surface area contributed by atoms with Gasteiger partial charge < -0.3 is 10.1 Å². The minimum absolute atomic E-state index is 0.415. The Labute approximate surface area is 135 Å². The minimum Gasteiger partial charge on any atom is -0.380 e. The van der Waals surface area contributed by atoms with Crippen LogP contribution in [0.1, 0.15) is 55.5 Å². The molecule has 0 bridgehead atoms. The summed E-state index contributed by atoms with van der Waals surface area (Å²) in [4.78, 5) is 9.24. The van der Waals surface area contributed by atoms with E-state index in [1.54, 1.807) is 0 Å². The maximum Gasteiger partial charge on any atom is 0.153 e. The van der Waals surface area contributed by atoms with Crippen molar-refractivity contribution in [3.05, 3.63) is 29.8 Å². The standard InChI is InChI=1S/C17H21N5O/c1-2-11(1)13-7-15(22-21-13)19-14-4-6-18-16(20-14)12-3-5-17(8-12)9-23-10-17/h4,6-7,11-12H,1-3,5,8-10H2,(H2,18,19,20,21,22). The van der Waals surface area contributed by atoms with Gasteiger partial charge in [0, 0.05) is 35.2 Å². The first-order chi connectivity index (χ1) is 11.3. The largest absolute Gasteiger partial charge is 0.380 e. The molecule has 2 aliphatic carbocycles. The molecule has 1 atom stereocenters. The molecule has 3 aliphatic rings. The Morgan fingerprint density at radius 2 is 2.09 bits per heavy atom. The van der Waals surface area contributed by atoms with E-state index in [9.17, 15) is 0 Å². The highest BCUT2D eigenvalue weighted by Gasteiger charge is 2.46. The van der Waals surface area contributed by atoms with Gasteiger partial charge >= 0.3 is 0 Å². The van der Waals surface area contributed by atoms with Crippen LogP contribution in [-0.2, 0) is 4.74 Å². The summed E-state index contributed by atoms with van der Waals surface area (Å²) in [7, 11) is 0. The number of nitrogens with zero attached hydrogens (tertiary/aromatic N) is 3. The number of rotatable bonds is 4. The normalized spacial score (nSPS) is 25.5. The second-order valence-corrected chi connectivity index (χ2v) is 7.34. The van der Waals surface area contributed by atoms with Crippen molar-refractivity contribution < 1.29 is 4.74 Å². The fourth-order valence-corrected chi connectivity index (χ4v) is 3.86. The smallest absolute Gasteiger partial charge is 0.153 e. The molecule has 2 aromatic heterocycles. The van der Waals surface area contributed by atoms with Gasteiger partial charge in [0.1, 0.15) is 11.6 Å². The first-order valence-electron chi connectivity index (χ1n) is 8.53. The number of hydrogen-bond acceptors (Lipinski definition) is 5. The zero-order valence-electron chi connectivity index (χ0n) is 13.1. The van der Waals surface area contributed by atoms with E-state index in [2.05, 4.69) is 26.6 Å². The zero-order valence-corrected chi connectivity index (χ0v) is 13.1. The molecule has 23 heavy (non-hydrogen) atoms. The van der Waals surface area contributed by atoms with Gasteiger partial charge in [0.2, 0.25) is 0 Å². The number of nitrogens with one attached hydrogen (secondary N) is 2. The third-order valence-corrected chi connectivity index (χ3v) is 5.43. The molecule has 1 unspecified atom stereocenters. The monoisotopic (exact) mass is 311 g/mol. The molecule has 2 N–H and O–H groups in total. The molecule has 0 aromatic carbocycles. The molecule has 6 heteroatoms. The molecule has 5 rings (SSSR count). The average molecular weight is 311 g/mol. The van der Waals surface area contributed by atoms with Gasteiger partial charge in [0.15, 0.2) is 5.82 Å². The van der Waals surface area contributed by atoms with Crippen LogP contribution in [0.4, 0.5) is 11.6 Å². The van der Waals surface area contributed by atoms with Crippen molar-refractivity contribution in [2.75, 3.05) is 18.5 Å². The van der Waals surface area contributed by atoms with E-state index in [0.717, 1.165) is 37.1 Å².